The molecule has 0 saturated heterocycles. The van der Waals surface area contributed by atoms with E-state index in [9.17, 15) is 26.7 Å². The quantitative estimate of drug-likeness (QED) is 0.215. The van der Waals surface area contributed by atoms with Crippen molar-refractivity contribution in [1.82, 2.24) is 4.72 Å². The first-order valence-electron chi connectivity index (χ1n) is 12.0. The normalized spacial score (nSPS) is 25.1. The van der Waals surface area contributed by atoms with Crippen molar-refractivity contribution in [2.75, 3.05) is 12.8 Å². The molecule has 0 heterocycles. The van der Waals surface area contributed by atoms with E-state index >= 15 is 0 Å². The molecule has 0 amide bonds. The second-order valence-electron chi connectivity index (χ2n) is 9.85. The van der Waals surface area contributed by atoms with Crippen molar-refractivity contribution in [3.63, 3.8) is 0 Å². The fraction of sp³-hybridized carbons (Fsp3) is 0.462. The Balaban J connectivity index is 0.00000361. The van der Waals surface area contributed by atoms with Crippen LogP contribution in [0.1, 0.15) is 38.5 Å². The monoisotopic (exact) mass is 545 g/mol. The third-order valence-corrected chi connectivity index (χ3v) is 9.91. The zero-order valence-electron chi connectivity index (χ0n) is 20.7. The molecular weight excluding hydrogens is 514 g/mol. The summed E-state index contributed by atoms with van der Waals surface area (Å²) >= 11 is 0. The molecule has 2 saturated carbocycles. The second kappa shape index (κ2) is 12.3. The van der Waals surface area contributed by atoms with Crippen molar-refractivity contribution in [2.24, 2.45) is 17.8 Å². The minimum Gasteiger partial charge on any atom is -0.799 e. The van der Waals surface area contributed by atoms with Crippen LogP contribution in [0.3, 0.4) is 0 Å². The maximum absolute atomic E-state index is 14.1. The Labute approximate surface area is 234 Å². The van der Waals surface area contributed by atoms with Crippen LogP contribution in [0, 0.1) is 29.4 Å². The zero-order valence-corrected chi connectivity index (χ0v) is 24.4. The van der Waals surface area contributed by atoms with Crippen LogP contribution in [0.5, 0.6) is 0 Å². The van der Waals surface area contributed by atoms with Crippen LogP contribution in [0.25, 0.3) is 11.1 Å². The Morgan fingerprint density at radius 2 is 1.69 bits per heavy atom. The van der Waals surface area contributed by atoms with Crippen LogP contribution in [-0.2, 0) is 14.6 Å². The predicted octanol–water partition coefficient (Wildman–Crippen LogP) is 2.32. The van der Waals surface area contributed by atoms with Crippen molar-refractivity contribution in [1.29, 1.82) is 0 Å². The fourth-order valence-corrected chi connectivity index (χ4v) is 7.74. The van der Waals surface area contributed by atoms with Crippen LogP contribution in [-0.4, -0.2) is 27.3 Å². The first-order chi connectivity index (χ1) is 16.5. The molecule has 2 aromatic carbocycles. The van der Waals surface area contributed by atoms with Crippen LogP contribution in [0.2, 0.25) is 0 Å². The maximum Gasteiger partial charge on any atom is 1.00 e. The summed E-state index contributed by atoms with van der Waals surface area (Å²) < 4.78 is 68.7. The van der Waals surface area contributed by atoms with E-state index < -0.39 is 29.0 Å². The molecule has 4 rings (SSSR count). The third kappa shape index (κ3) is 7.16. The summed E-state index contributed by atoms with van der Waals surface area (Å²) in [4.78, 5) is 11.3. The van der Waals surface area contributed by atoms with Gasteiger partial charge in [0, 0.05) is 13.4 Å². The number of allylic oxidation sites excluding steroid dienone is 2. The van der Waals surface area contributed by atoms with Crippen LogP contribution >= 0.6 is 7.37 Å². The fourth-order valence-electron chi connectivity index (χ4n) is 5.62. The minimum absolute atomic E-state index is 0. The van der Waals surface area contributed by atoms with Gasteiger partial charge in [-0.3, -0.25) is 0 Å². The van der Waals surface area contributed by atoms with Crippen molar-refractivity contribution < 1.29 is 56.2 Å². The number of rotatable bonds is 10. The molecule has 5 unspecified atom stereocenters. The van der Waals surface area contributed by atoms with Gasteiger partial charge in [-0.15, -0.1) is 0 Å². The van der Waals surface area contributed by atoms with Gasteiger partial charge in [0.05, 0.1) is 10.5 Å². The van der Waals surface area contributed by atoms with Gasteiger partial charge in [0.15, 0.2) is 0 Å². The number of hydrogen-bond acceptors (Lipinski definition) is 4. The number of benzene rings is 2. The van der Waals surface area contributed by atoms with Gasteiger partial charge >= 0.3 is 29.6 Å². The Kier molecular flexibility index (Phi) is 10.2. The maximum atomic E-state index is 14.1. The molecule has 0 aromatic heterocycles. The molecule has 0 radical (unpaired) electrons. The Morgan fingerprint density at radius 1 is 1.06 bits per heavy atom. The van der Waals surface area contributed by atoms with Crippen molar-refractivity contribution >= 4 is 17.4 Å². The Hall–Kier alpha value is -0.860. The van der Waals surface area contributed by atoms with Gasteiger partial charge in [-0.05, 0) is 98.9 Å². The summed E-state index contributed by atoms with van der Waals surface area (Å²) in [6, 6.07) is 9.07. The molecule has 5 nitrogen and oxygen atoms in total. The predicted molar refractivity (Wildman–Crippen MR) is 132 cm³/mol. The van der Waals surface area contributed by atoms with Gasteiger partial charge in [0.25, 0.3) is 0 Å². The van der Waals surface area contributed by atoms with Crippen LogP contribution in [0.4, 0.5) is 8.78 Å². The van der Waals surface area contributed by atoms with E-state index in [1.165, 1.54) is 49.1 Å². The second-order valence-corrected chi connectivity index (χ2v) is 14.0. The molecule has 0 aliphatic heterocycles. The first-order valence-corrected chi connectivity index (χ1v) is 15.8. The molecule has 2 fully saturated rings. The summed E-state index contributed by atoms with van der Waals surface area (Å²) in [5.74, 6) is -0.433. The van der Waals surface area contributed by atoms with Crippen molar-refractivity contribution in [3.05, 3.63) is 66.3 Å². The van der Waals surface area contributed by atoms with E-state index in [0.29, 0.717) is 24.7 Å². The molecule has 2 aromatic rings. The van der Waals surface area contributed by atoms with Gasteiger partial charge in [0.2, 0.25) is 10.0 Å². The zero-order chi connectivity index (χ0) is 25.2. The number of halogens is 2. The molecule has 1 N–H and O–H groups in total. The molecule has 0 spiro atoms. The molecule has 2 aliphatic rings. The molecular formula is C26H31F2NNaO4PS. The van der Waals surface area contributed by atoms with Gasteiger partial charge in [-0.1, -0.05) is 30.4 Å². The molecule has 190 valence electrons. The number of fused-ring (bicyclic) bond motifs is 2. The van der Waals surface area contributed by atoms with Crippen LogP contribution < -0.4 is 39.2 Å². The van der Waals surface area contributed by atoms with E-state index in [-0.39, 0.29) is 63.7 Å². The summed E-state index contributed by atoms with van der Waals surface area (Å²) in [6.07, 6.45) is 9.37. The SMILES string of the molecule is CP(=O)([O-])CCC/C=C/CC1C2CCC(C2)C1NS(=O)(=O)c1ccc(-c2c(F)cccc2F)cc1.[Na+]. The average Bonchev–Trinajstić information content (AvgIpc) is 3.38. The largest absolute Gasteiger partial charge is 1.00 e. The van der Waals surface area contributed by atoms with Gasteiger partial charge < -0.3 is 9.46 Å². The molecule has 2 aliphatic carbocycles. The van der Waals surface area contributed by atoms with Gasteiger partial charge in [-0.25, -0.2) is 21.9 Å². The summed E-state index contributed by atoms with van der Waals surface area (Å²) in [7, 11) is -7.03. The van der Waals surface area contributed by atoms with E-state index in [1.54, 1.807) is 0 Å². The smallest absolute Gasteiger partial charge is 0.799 e. The first kappa shape index (κ1) is 29.7. The number of nitrogens with one attached hydrogen (secondary N) is 1. The molecule has 2 bridgehead atoms. The van der Waals surface area contributed by atoms with Crippen molar-refractivity contribution in [2.45, 2.75) is 49.5 Å². The van der Waals surface area contributed by atoms with Crippen LogP contribution in [0.15, 0.2) is 59.5 Å². The Bertz CT molecular complexity index is 1210. The van der Waals surface area contributed by atoms with Gasteiger partial charge in [-0.2, -0.15) is 0 Å². The number of sulfonamides is 1. The van der Waals surface area contributed by atoms with E-state index in [0.717, 1.165) is 25.7 Å². The average molecular weight is 546 g/mol. The topological polar surface area (TPSA) is 86.3 Å². The summed E-state index contributed by atoms with van der Waals surface area (Å²) in [6.45, 7) is 1.26. The summed E-state index contributed by atoms with van der Waals surface area (Å²) in [5.41, 5.74) is 0.0975. The number of hydrogen-bond donors (Lipinski definition) is 1. The molecule has 10 heteroatoms. The minimum atomic E-state index is -3.80. The van der Waals surface area contributed by atoms with E-state index in [4.69, 9.17) is 0 Å². The Morgan fingerprint density at radius 3 is 2.33 bits per heavy atom. The third-order valence-electron chi connectivity index (χ3n) is 7.31. The molecule has 5 atom stereocenters. The van der Waals surface area contributed by atoms with E-state index in [2.05, 4.69) is 10.8 Å². The van der Waals surface area contributed by atoms with Gasteiger partial charge in [0.1, 0.15) is 11.6 Å². The number of unbranched alkanes of at least 4 members (excludes halogenated alkanes) is 1. The molecule has 36 heavy (non-hydrogen) atoms. The standard InChI is InChI=1S/C26H32F2NO4PS.Na/c1-34(30,31)16-5-3-2-4-7-22-19-10-11-20(17-19)26(22)29-35(32,33)21-14-12-18(13-15-21)25-23(27)8-6-9-24(25)28;/h2,4,6,8-9,12-15,19-20,22,26,29H,3,5,7,10-11,16-17H2,1H3,(H,30,31);/q;+1/p-1/b4-2+;. The summed E-state index contributed by atoms with van der Waals surface area (Å²) in [5, 5.41) is 0. The van der Waals surface area contributed by atoms with E-state index in [1.807, 2.05) is 6.08 Å². The van der Waals surface area contributed by atoms with Crippen molar-refractivity contribution in [3.8, 4) is 11.1 Å².